The first kappa shape index (κ1) is 17.3. The monoisotopic (exact) mass is 350 g/mol. The Morgan fingerprint density at radius 2 is 1.58 bits per heavy atom. The van der Waals surface area contributed by atoms with Crippen molar-refractivity contribution in [3.05, 3.63) is 80.9 Å². The van der Waals surface area contributed by atoms with Crippen LogP contribution in [0.15, 0.2) is 64.4 Å². The smallest absolute Gasteiger partial charge is 0.253 e. The van der Waals surface area contributed by atoms with E-state index in [2.05, 4.69) is 15.6 Å². The summed E-state index contributed by atoms with van der Waals surface area (Å²) in [6, 6.07) is 11.6. The molecule has 1 heterocycles. The molecule has 2 N–H and O–H groups in total. The SMILES string of the molecule is CN(C)C(=O)C(Nc1c(Nc2ccncc2)c(=O)c1=O)c1ccccc1. The largest absolute Gasteiger partial charge is 0.365 e. The van der Waals surface area contributed by atoms with Crippen LogP contribution in [0.25, 0.3) is 0 Å². The molecule has 3 rings (SSSR count). The summed E-state index contributed by atoms with van der Waals surface area (Å²) in [5.41, 5.74) is 0.325. The molecule has 2 aromatic carbocycles. The van der Waals surface area contributed by atoms with Crippen molar-refractivity contribution < 1.29 is 4.79 Å². The molecule has 0 bridgehead atoms. The summed E-state index contributed by atoms with van der Waals surface area (Å²) in [6.07, 6.45) is 3.15. The van der Waals surface area contributed by atoms with Crippen LogP contribution in [-0.2, 0) is 4.79 Å². The molecule has 0 fully saturated rings. The molecule has 7 nitrogen and oxygen atoms in total. The average Bonchev–Trinajstić information content (AvgIpc) is 2.68. The normalized spacial score (nSPS) is 11.8. The van der Waals surface area contributed by atoms with Crippen LogP contribution in [0.2, 0.25) is 0 Å². The summed E-state index contributed by atoms with van der Waals surface area (Å²) in [6.45, 7) is 0. The van der Waals surface area contributed by atoms with Crippen molar-refractivity contribution in [1.29, 1.82) is 0 Å². The van der Waals surface area contributed by atoms with Crippen molar-refractivity contribution in [1.82, 2.24) is 9.88 Å². The minimum Gasteiger partial charge on any atom is -0.365 e. The second-order valence-electron chi connectivity index (χ2n) is 5.99. The molecule has 3 aromatic rings. The summed E-state index contributed by atoms with van der Waals surface area (Å²) in [4.78, 5) is 42.0. The minimum atomic E-state index is -0.771. The fourth-order valence-electron chi connectivity index (χ4n) is 2.56. The van der Waals surface area contributed by atoms with Gasteiger partial charge in [0.1, 0.15) is 17.4 Å². The van der Waals surface area contributed by atoms with Gasteiger partial charge in [0.15, 0.2) is 0 Å². The van der Waals surface area contributed by atoms with E-state index in [0.29, 0.717) is 11.3 Å². The Bertz CT molecular complexity index is 977. The lowest BCUT2D eigenvalue weighted by Crippen LogP contribution is -2.40. The maximum atomic E-state index is 12.6. The van der Waals surface area contributed by atoms with Gasteiger partial charge in [-0.2, -0.15) is 0 Å². The van der Waals surface area contributed by atoms with E-state index < -0.39 is 16.9 Å². The van der Waals surface area contributed by atoms with E-state index in [1.54, 1.807) is 50.8 Å². The Morgan fingerprint density at radius 1 is 0.962 bits per heavy atom. The molecule has 0 radical (unpaired) electrons. The van der Waals surface area contributed by atoms with Gasteiger partial charge < -0.3 is 15.5 Å². The van der Waals surface area contributed by atoms with Crippen LogP contribution in [0.3, 0.4) is 0 Å². The lowest BCUT2D eigenvalue weighted by Gasteiger charge is -2.24. The molecular weight excluding hydrogens is 332 g/mol. The van der Waals surface area contributed by atoms with Crippen LogP contribution in [0.5, 0.6) is 0 Å². The molecule has 1 amide bonds. The molecule has 0 aliphatic carbocycles. The van der Waals surface area contributed by atoms with Crippen LogP contribution in [0, 0.1) is 0 Å². The van der Waals surface area contributed by atoms with E-state index in [9.17, 15) is 14.4 Å². The standard InChI is InChI=1S/C19H18N4O3/c1-23(2)19(26)14(12-6-4-3-5-7-12)22-16-15(17(24)18(16)25)21-13-8-10-20-11-9-13/h3-11,14,22H,1-2H3,(H,20,21). The third-order valence-electron chi connectivity index (χ3n) is 3.97. The Hall–Kier alpha value is -3.48. The molecule has 0 saturated carbocycles. The summed E-state index contributed by atoms with van der Waals surface area (Å²) >= 11 is 0. The van der Waals surface area contributed by atoms with Crippen LogP contribution in [0.4, 0.5) is 17.1 Å². The summed E-state index contributed by atoms with van der Waals surface area (Å²) < 4.78 is 0. The number of amides is 1. The summed E-state index contributed by atoms with van der Waals surface area (Å²) in [5, 5.41) is 5.86. The van der Waals surface area contributed by atoms with Gasteiger partial charge in [-0.25, -0.2) is 0 Å². The third kappa shape index (κ3) is 3.32. The maximum Gasteiger partial charge on any atom is 0.253 e. The zero-order chi connectivity index (χ0) is 18.7. The van der Waals surface area contributed by atoms with Crippen LogP contribution >= 0.6 is 0 Å². The molecule has 1 atom stereocenters. The number of pyridine rings is 1. The molecule has 26 heavy (non-hydrogen) atoms. The average molecular weight is 350 g/mol. The van der Waals surface area contributed by atoms with Gasteiger partial charge in [-0.05, 0) is 17.7 Å². The van der Waals surface area contributed by atoms with E-state index in [4.69, 9.17) is 0 Å². The predicted molar refractivity (Wildman–Crippen MR) is 100 cm³/mol. The number of aromatic nitrogens is 1. The summed E-state index contributed by atoms with van der Waals surface area (Å²) in [7, 11) is 3.27. The van der Waals surface area contributed by atoms with Gasteiger partial charge in [0, 0.05) is 32.2 Å². The fraction of sp³-hybridized carbons (Fsp3) is 0.158. The van der Waals surface area contributed by atoms with Gasteiger partial charge in [-0.1, -0.05) is 30.3 Å². The number of carbonyl (C=O) groups is 1. The minimum absolute atomic E-state index is 0.107. The van der Waals surface area contributed by atoms with E-state index >= 15 is 0 Å². The highest BCUT2D eigenvalue weighted by Crippen LogP contribution is 2.26. The maximum absolute atomic E-state index is 12.6. The molecule has 1 unspecified atom stereocenters. The van der Waals surface area contributed by atoms with Crippen molar-refractivity contribution in [2.75, 3.05) is 24.7 Å². The molecule has 132 valence electrons. The Kier molecular flexibility index (Phi) is 4.79. The Morgan fingerprint density at radius 3 is 2.19 bits per heavy atom. The zero-order valence-corrected chi connectivity index (χ0v) is 14.4. The number of nitrogens with zero attached hydrogens (tertiary/aromatic N) is 2. The number of carbonyl (C=O) groups excluding carboxylic acids is 1. The van der Waals surface area contributed by atoms with Crippen molar-refractivity contribution in [2.45, 2.75) is 6.04 Å². The number of hydrogen-bond donors (Lipinski definition) is 2. The number of benzene rings is 1. The van der Waals surface area contributed by atoms with Crippen LogP contribution in [-0.4, -0.2) is 29.9 Å². The quantitative estimate of drug-likeness (QED) is 0.657. The van der Waals surface area contributed by atoms with Crippen LogP contribution in [0.1, 0.15) is 11.6 Å². The van der Waals surface area contributed by atoms with Crippen LogP contribution < -0.4 is 21.5 Å². The number of nitrogens with one attached hydrogen (secondary N) is 2. The lowest BCUT2D eigenvalue weighted by molar-refractivity contribution is -0.129. The van der Waals surface area contributed by atoms with Crippen molar-refractivity contribution >= 4 is 23.0 Å². The highest BCUT2D eigenvalue weighted by atomic mass is 16.2. The Labute approximate surface area is 150 Å². The number of anilines is 3. The second kappa shape index (κ2) is 7.18. The molecule has 0 saturated heterocycles. The van der Waals surface area contributed by atoms with Gasteiger partial charge in [0.2, 0.25) is 5.91 Å². The predicted octanol–water partition coefficient (Wildman–Crippen LogP) is 1.66. The van der Waals surface area contributed by atoms with Gasteiger partial charge >= 0.3 is 0 Å². The lowest BCUT2D eigenvalue weighted by atomic mass is 10.0. The Balaban J connectivity index is 1.93. The zero-order valence-electron chi connectivity index (χ0n) is 14.4. The van der Waals surface area contributed by atoms with Crippen molar-refractivity contribution in [3.8, 4) is 0 Å². The topological polar surface area (TPSA) is 91.4 Å². The van der Waals surface area contributed by atoms with Gasteiger partial charge in [0.05, 0.1) is 0 Å². The number of rotatable bonds is 6. The molecule has 7 heteroatoms. The van der Waals surface area contributed by atoms with E-state index in [-0.39, 0.29) is 17.3 Å². The second-order valence-corrected chi connectivity index (χ2v) is 5.99. The van der Waals surface area contributed by atoms with Gasteiger partial charge in [-0.15, -0.1) is 0 Å². The van der Waals surface area contributed by atoms with Crippen molar-refractivity contribution in [3.63, 3.8) is 0 Å². The fourth-order valence-corrected chi connectivity index (χ4v) is 2.56. The van der Waals surface area contributed by atoms with Gasteiger partial charge in [0.25, 0.3) is 10.9 Å². The van der Waals surface area contributed by atoms with E-state index in [1.165, 1.54) is 4.90 Å². The first-order valence-corrected chi connectivity index (χ1v) is 8.02. The molecule has 1 aromatic heterocycles. The number of likely N-dealkylation sites (N-methyl/N-ethyl adjacent to an activating group) is 1. The molecular formula is C19H18N4O3. The highest BCUT2D eigenvalue weighted by molar-refractivity contribution is 5.88. The molecule has 0 aliphatic rings. The third-order valence-corrected chi connectivity index (χ3v) is 3.97. The molecule has 0 aliphatic heterocycles. The van der Waals surface area contributed by atoms with Gasteiger partial charge in [-0.3, -0.25) is 19.4 Å². The summed E-state index contributed by atoms with van der Waals surface area (Å²) in [5.74, 6) is -0.223. The number of hydrogen-bond acceptors (Lipinski definition) is 6. The first-order chi connectivity index (χ1) is 12.5. The van der Waals surface area contributed by atoms with E-state index in [1.807, 2.05) is 18.2 Å². The highest BCUT2D eigenvalue weighted by Gasteiger charge is 2.28. The van der Waals surface area contributed by atoms with E-state index in [0.717, 1.165) is 0 Å². The van der Waals surface area contributed by atoms with Crippen molar-refractivity contribution in [2.24, 2.45) is 0 Å². The first-order valence-electron chi connectivity index (χ1n) is 8.02. The molecule has 0 spiro atoms.